The van der Waals surface area contributed by atoms with Crippen LogP contribution < -0.4 is 5.32 Å². The molecule has 4 heteroatoms. The van der Waals surface area contributed by atoms with Gasteiger partial charge < -0.3 is 5.32 Å². The fourth-order valence-corrected chi connectivity index (χ4v) is 1.67. The van der Waals surface area contributed by atoms with E-state index in [1.807, 2.05) is 6.92 Å². The van der Waals surface area contributed by atoms with Crippen LogP contribution in [0.1, 0.15) is 26.7 Å². The van der Waals surface area contributed by atoms with Crippen molar-refractivity contribution in [2.24, 2.45) is 0 Å². The van der Waals surface area contributed by atoms with Gasteiger partial charge in [-0.1, -0.05) is 6.92 Å². The lowest BCUT2D eigenvalue weighted by molar-refractivity contribution is 0.526. The number of hydrogen-bond donors (Lipinski definition) is 1. The van der Waals surface area contributed by atoms with Crippen LogP contribution in [0.2, 0.25) is 0 Å². The van der Waals surface area contributed by atoms with E-state index in [2.05, 4.69) is 12.2 Å². The topological polar surface area (TPSA) is 46.2 Å². The summed E-state index contributed by atoms with van der Waals surface area (Å²) in [5, 5.41) is 3.24. The molecule has 0 aromatic rings. The first-order chi connectivity index (χ1) is 5.45. The van der Waals surface area contributed by atoms with E-state index in [0.29, 0.717) is 12.5 Å². The summed E-state index contributed by atoms with van der Waals surface area (Å²) < 4.78 is 21.6. The average Bonchev–Trinajstić information content (AvgIpc) is 1.95. The largest absolute Gasteiger partial charge is 0.314 e. The Balaban J connectivity index is 3.51. The van der Waals surface area contributed by atoms with Crippen LogP contribution in [0, 0.1) is 0 Å². The third kappa shape index (κ3) is 8.01. The summed E-state index contributed by atoms with van der Waals surface area (Å²) in [5.74, 6) is 0.283. The van der Waals surface area contributed by atoms with Crippen molar-refractivity contribution in [3.63, 3.8) is 0 Å². The fraction of sp³-hybridized carbons (Fsp3) is 1.00. The predicted molar refractivity (Wildman–Crippen MR) is 52.1 cm³/mol. The summed E-state index contributed by atoms with van der Waals surface area (Å²) in [6.07, 6.45) is 3.07. The number of sulfone groups is 1. The Morgan fingerprint density at radius 2 is 2.00 bits per heavy atom. The van der Waals surface area contributed by atoms with Crippen LogP contribution in [0.5, 0.6) is 0 Å². The zero-order chi connectivity index (χ0) is 9.61. The fourth-order valence-electron chi connectivity index (χ4n) is 0.884. The Hall–Kier alpha value is -0.0900. The molecule has 1 N–H and O–H groups in total. The highest BCUT2D eigenvalue weighted by Gasteiger charge is 2.06. The minimum absolute atomic E-state index is 0.283. The van der Waals surface area contributed by atoms with Crippen LogP contribution in [0.25, 0.3) is 0 Å². The van der Waals surface area contributed by atoms with Gasteiger partial charge in [0.15, 0.2) is 0 Å². The summed E-state index contributed by atoms with van der Waals surface area (Å²) in [4.78, 5) is 0. The second kappa shape index (κ2) is 5.54. The van der Waals surface area contributed by atoms with Gasteiger partial charge in [-0.3, -0.25) is 0 Å². The van der Waals surface area contributed by atoms with Gasteiger partial charge in [0.2, 0.25) is 0 Å². The highest BCUT2D eigenvalue weighted by atomic mass is 32.2. The molecule has 0 aromatic heterocycles. The maximum atomic E-state index is 10.8. The molecular formula is C8H19NO2S. The molecule has 1 atom stereocenters. The molecule has 0 radical (unpaired) electrons. The summed E-state index contributed by atoms with van der Waals surface area (Å²) >= 11 is 0. The third-order valence-corrected chi connectivity index (χ3v) is 2.64. The Morgan fingerprint density at radius 1 is 1.42 bits per heavy atom. The molecule has 0 amide bonds. The highest BCUT2D eigenvalue weighted by Crippen LogP contribution is 1.94. The molecule has 0 aliphatic rings. The molecule has 0 spiro atoms. The molecule has 0 aliphatic heterocycles. The molecule has 0 aliphatic carbocycles. The third-order valence-electron chi connectivity index (χ3n) is 1.66. The average molecular weight is 193 g/mol. The van der Waals surface area contributed by atoms with Crippen LogP contribution in [0.15, 0.2) is 0 Å². The number of hydrogen-bond acceptors (Lipinski definition) is 3. The van der Waals surface area contributed by atoms with Crippen molar-refractivity contribution in [1.29, 1.82) is 0 Å². The lowest BCUT2D eigenvalue weighted by Gasteiger charge is -2.11. The van der Waals surface area contributed by atoms with Crippen LogP contribution >= 0.6 is 0 Å². The van der Waals surface area contributed by atoms with Crippen molar-refractivity contribution in [2.75, 3.05) is 18.6 Å². The van der Waals surface area contributed by atoms with Gasteiger partial charge in [-0.25, -0.2) is 8.42 Å². The molecule has 1 unspecified atom stereocenters. The molecule has 0 bridgehead atoms. The SMILES string of the molecule is CCCNC(C)CCS(C)(=O)=O. The van der Waals surface area contributed by atoms with Crippen molar-refractivity contribution in [1.82, 2.24) is 5.32 Å². The van der Waals surface area contributed by atoms with E-state index in [4.69, 9.17) is 0 Å². The Labute approximate surface area is 75.5 Å². The molecular weight excluding hydrogens is 174 g/mol. The summed E-state index contributed by atoms with van der Waals surface area (Å²) in [7, 11) is -2.78. The first-order valence-electron chi connectivity index (χ1n) is 4.37. The minimum atomic E-state index is -2.78. The van der Waals surface area contributed by atoms with Crippen molar-refractivity contribution in [2.45, 2.75) is 32.7 Å². The van der Waals surface area contributed by atoms with E-state index in [-0.39, 0.29) is 5.75 Å². The van der Waals surface area contributed by atoms with Crippen LogP contribution in [-0.2, 0) is 9.84 Å². The van der Waals surface area contributed by atoms with E-state index in [9.17, 15) is 8.42 Å². The molecule has 0 saturated heterocycles. The van der Waals surface area contributed by atoms with E-state index in [0.717, 1.165) is 13.0 Å². The van der Waals surface area contributed by atoms with Crippen molar-refractivity contribution in [3.8, 4) is 0 Å². The van der Waals surface area contributed by atoms with E-state index < -0.39 is 9.84 Å². The summed E-state index contributed by atoms with van der Waals surface area (Å²) in [6, 6.07) is 0.305. The molecule has 74 valence electrons. The van der Waals surface area contributed by atoms with Crippen LogP contribution in [0.3, 0.4) is 0 Å². The van der Waals surface area contributed by atoms with Crippen molar-refractivity contribution >= 4 is 9.84 Å². The molecule has 0 rings (SSSR count). The summed E-state index contributed by atoms with van der Waals surface area (Å²) in [5.41, 5.74) is 0. The first-order valence-corrected chi connectivity index (χ1v) is 6.43. The van der Waals surface area contributed by atoms with Gasteiger partial charge >= 0.3 is 0 Å². The highest BCUT2D eigenvalue weighted by molar-refractivity contribution is 7.90. The molecule has 3 nitrogen and oxygen atoms in total. The predicted octanol–water partition coefficient (Wildman–Crippen LogP) is 0.809. The maximum absolute atomic E-state index is 10.8. The zero-order valence-electron chi connectivity index (χ0n) is 8.13. The van der Waals surface area contributed by atoms with Crippen LogP contribution in [0.4, 0.5) is 0 Å². The van der Waals surface area contributed by atoms with Gasteiger partial charge in [0.1, 0.15) is 9.84 Å². The summed E-state index contributed by atoms with van der Waals surface area (Å²) in [6.45, 7) is 5.07. The number of nitrogens with one attached hydrogen (secondary N) is 1. The Bertz CT molecular complexity index is 199. The Morgan fingerprint density at radius 3 is 2.42 bits per heavy atom. The maximum Gasteiger partial charge on any atom is 0.147 e. The molecule has 0 heterocycles. The lowest BCUT2D eigenvalue weighted by atomic mass is 10.2. The Kier molecular flexibility index (Phi) is 5.50. The van der Waals surface area contributed by atoms with Crippen molar-refractivity contribution < 1.29 is 8.42 Å². The van der Waals surface area contributed by atoms with E-state index >= 15 is 0 Å². The quantitative estimate of drug-likeness (QED) is 0.679. The van der Waals surface area contributed by atoms with Crippen molar-refractivity contribution in [3.05, 3.63) is 0 Å². The van der Waals surface area contributed by atoms with E-state index in [1.54, 1.807) is 0 Å². The molecule has 0 fully saturated rings. The zero-order valence-corrected chi connectivity index (χ0v) is 8.95. The normalized spacial score (nSPS) is 14.6. The van der Waals surface area contributed by atoms with Gasteiger partial charge in [-0.2, -0.15) is 0 Å². The van der Waals surface area contributed by atoms with Crippen LogP contribution in [-0.4, -0.2) is 33.0 Å². The molecule has 12 heavy (non-hydrogen) atoms. The number of rotatable bonds is 6. The first kappa shape index (κ1) is 11.9. The van der Waals surface area contributed by atoms with Gasteiger partial charge in [0.25, 0.3) is 0 Å². The molecule has 0 aromatic carbocycles. The van der Waals surface area contributed by atoms with Gasteiger partial charge in [0.05, 0.1) is 5.75 Å². The molecule has 0 saturated carbocycles. The second-order valence-corrected chi connectivity index (χ2v) is 5.53. The smallest absolute Gasteiger partial charge is 0.147 e. The van der Waals surface area contributed by atoms with Gasteiger partial charge in [-0.05, 0) is 26.3 Å². The van der Waals surface area contributed by atoms with Gasteiger partial charge in [-0.15, -0.1) is 0 Å². The second-order valence-electron chi connectivity index (χ2n) is 3.27. The monoisotopic (exact) mass is 193 g/mol. The van der Waals surface area contributed by atoms with E-state index in [1.165, 1.54) is 6.26 Å². The standard InChI is InChI=1S/C8H19NO2S/c1-4-6-9-8(2)5-7-12(3,10)11/h8-9H,4-7H2,1-3H3. The van der Waals surface area contributed by atoms with Gasteiger partial charge in [0, 0.05) is 12.3 Å². The lowest BCUT2D eigenvalue weighted by Crippen LogP contribution is -2.28. The minimum Gasteiger partial charge on any atom is -0.314 e.